The van der Waals surface area contributed by atoms with Crippen molar-refractivity contribution >= 4 is 11.8 Å². The molecule has 1 aliphatic rings. The fourth-order valence-electron chi connectivity index (χ4n) is 4.08. The van der Waals surface area contributed by atoms with Crippen LogP contribution < -0.4 is 5.32 Å². The molecule has 148 valence electrons. The highest BCUT2D eigenvalue weighted by atomic mass is 16.2. The highest BCUT2D eigenvalue weighted by Crippen LogP contribution is 2.37. The van der Waals surface area contributed by atoms with Gasteiger partial charge in [-0.2, -0.15) is 0 Å². The monoisotopic (exact) mass is 378 g/mol. The summed E-state index contributed by atoms with van der Waals surface area (Å²) >= 11 is 0. The summed E-state index contributed by atoms with van der Waals surface area (Å²) in [5.74, 6) is 0.123. The van der Waals surface area contributed by atoms with Crippen molar-refractivity contribution in [2.75, 3.05) is 20.1 Å². The van der Waals surface area contributed by atoms with Crippen LogP contribution in [0, 0.1) is 10.8 Å². The van der Waals surface area contributed by atoms with Gasteiger partial charge in [0.15, 0.2) is 0 Å². The summed E-state index contributed by atoms with van der Waals surface area (Å²) in [7, 11) is 1.68. The Morgan fingerprint density at radius 1 is 1.04 bits per heavy atom. The Morgan fingerprint density at radius 2 is 1.71 bits per heavy atom. The smallest absolute Gasteiger partial charge is 0.228 e. The molecule has 2 amide bonds. The zero-order chi connectivity index (χ0) is 20.4. The third-order valence-corrected chi connectivity index (χ3v) is 5.57. The maximum Gasteiger partial charge on any atom is 0.228 e. The summed E-state index contributed by atoms with van der Waals surface area (Å²) in [5.41, 5.74) is 2.41. The van der Waals surface area contributed by atoms with Crippen LogP contribution in [-0.2, 0) is 16.0 Å². The van der Waals surface area contributed by atoms with Gasteiger partial charge in [-0.05, 0) is 29.5 Å². The van der Waals surface area contributed by atoms with E-state index in [1.807, 2.05) is 49.9 Å². The standard InChI is InChI=1S/C24H30N2O2/c1-23(2,3)22(28)26-14-13-24(17-26,21(27)25-4)16-18-9-8-12-20(15-18)19-10-6-5-7-11-19/h5-12,15H,13-14,16-17H2,1-4H3,(H,25,27)/t24-/m1/s1. The first kappa shape index (κ1) is 20.1. The Balaban J connectivity index is 1.87. The first-order valence-corrected chi connectivity index (χ1v) is 9.91. The van der Waals surface area contributed by atoms with Gasteiger partial charge in [-0.15, -0.1) is 0 Å². The molecule has 4 nitrogen and oxygen atoms in total. The number of nitrogens with zero attached hydrogens (tertiary/aromatic N) is 1. The Hall–Kier alpha value is -2.62. The molecule has 0 aromatic heterocycles. The third kappa shape index (κ3) is 4.11. The molecule has 1 aliphatic heterocycles. The zero-order valence-corrected chi connectivity index (χ0v) is 17.3. The van der Waals surface area contributed by atoms with Crippen molar-refractivity contribution in [3.8, 4) is 11.1 Å². The number of hydrogen-bond donors (Lipinski definition) is 1. The number of likely N-dealkylation sites (tertiary alicyclic amines) is 1. The van der Waals surface area contributed by atoms with Crippen LogP contribution in [0.1, 0.15) is 32.8 Å². The average Bonchev–Trinajstić information content (AvgIpc) is 3.12. The van der Waals surface area contributed by atoms with E-state index in [2.05, 4.69) is 35.6 Å². The van der Waals surface area contributed by atoms with Gasteiger partial charge in [0.2, 0.25) is 11.8 Å². The molecule has 3 rings (SSSR count). The van der Waals surface area contributed by atoms with Gasteiger partial charge in [-0.3, -0.25) is 9.59 Å². The quantitative estimate of drug-likeness (QED) is 0.877. The van der Waals surface area contributed by atoms with Crippen LogP contribution in [0.3, 0.4) is 0 Å². The molecule has 0 aliphatic carbocycles. The highest BCUT2D eigenvalue weighted by Gasteiger charge is 2.46. The average molecular weight is 379 g/mol. The van der Waals surface area contributed by atoms with Gasteiger partial charge in [-0.25, -0.2) is 0 Å². The minimum Gasteiger partial charge on any atom is -0.359 e. The van der Waals surface area contributed by atoms with Crippen molar-refractivity contribution in [2.24, 2.45) is 10.8 Å². The molecule has 1 saturated heterocycles. The molecule has 0 radical (unpaired) electrons. The molecular formula is C24H30N2O2. The second-order valence-corrected chi connectivity index (χ2v) is 8.83. The maximum atomic E-state index is 12.9. The highest BCUT2D eigenvalue weighted by molar-refractivity contribution is 5.87. The molecule has 1 atom stereocenters. The molecule has 0 bridgehead atoms. The lowest BCUT2D eigenvalue weighted by Gasteiger charge is -2.30. The maximum absolute atomic E-state index is 12.9. The Morgan fingerprint density at radius 3 is 2.36 bits per heavy atom. The Kier molecular flexibility index (Phi) is 5.59. The third-order valence-electron chi connectivity index (χ3n) is 5.57. The summed E-state index contributed by atoms with van der Waals surface area (Å²) in [5, 5.41) is 2.84. The zero-order valence-electron chi connectivity index (χ0n) is 17.3. The van der Waals surface area contributed by atoms with Crippen LogP contribution in [0.5, 0.6) is 0 Å². The van der Waals surface area contributed by atoms with Gasteiger partial charge in [0.05, 0.1) is 5.41 Å². The molecule has 0 saturated carbocycles. The van der Waals surface area contributed by atoms with E-state index >= 15 is 0 Å². The number of carbonyl (C=O) groups is 2. The first-order chi connectivity index (χ1) is 13.2. The van der Waals surface area contributed by atoms with Gasteiger partial charge < -0.3 is 10.2 Å². The molecule has 1 heterocycles. The van der Waals surface area contributed by atoms with Gasteiger partial charge in [0, 0.05) is 25.6 Å². The molecule has 2 aromatic rings. The second kappa shape index (κ2) is 7.78. The number of amides is 2. The molecule has 1 fully saturated rings. The summed E-state index contributed by atoms with van der Waals surface area (Å²) in [6.45, 7) is 6.88. The van der Waals surface area contributed by atoms with Gasteiger partial charge >= 0.3 is 0 Å². The minimum atomic E-state index is -0.578. The van der Waals surface area contributed by atoms with Crippen molar-refractivity contribution in [3.05, 3.63) is 60.2 Å². The number of carbonyl (C=O) groups excluding carboxylic acids is 2. The molecule has 2 aromatic carbocycles. The van der Waals surface area contributed by atoms with Gasteiger partial charge in [0.1, 0.15) is 0 Å². The molecular weight excluding hydrogens is 348 g/mol. The predicted octanol–water partition coefficient (Wildman–Crippen LogP) is 3.91. The Bertz CT molecular complexity index is 854. The van der Waals surface area contributed by atoms with Crippen molar-refractivity contribution in [3.63, 3.8) is 0 Å². The van der Waals surface area contributed by atoms with Crippen molar-refractivity contribution in [1.29, 1.82) is 0 Å². The molecule has 28 heavy (non-hydrogen) atoms. The van der Waals surface area contributed by atoms with Crippen molar-refractivity contribution < 1.29 is 9.59 Å². The molecule has 0 spiro atoms. The van der Waals surface area contributed by atoms with Crippen LogP contribution in [0.25, 0.3) is 11.1 Å². The molecule has 1 N–H and O–H groups in total. The minimum absolute atomic E-state index is 0.0156. The van der Waals surface area contributed by atoms with Crippen LogP contribution in [0.15, 0.2) is 54.6 Å². The SMILES string of the molecule is CNC(=O)[C@@]1(Cc2cccc(-c3ccccc3)c2)CCN(C(=O)C(C)(C)C)C1. The van der Waals surface area contributed by atoms with Gasteiger partial charge in [0.25, 0.3) is 0 Å². The van der Waals surface area contributed by atoms with Crippen LogP contribution in [-0.4, -0.2) is 36.9 Å². The molecule has 0 unspecified atom stereocenters. The van der Waals surface area contributed by atoms with Crippen molar-refractivity contribution in [1.82, 2.24) is 10.2 Å². The van der Waals surface area contributed by atoms with E-state index in [4.69, 9.17) is 0 Å². The topological polar surface area (TPSA) is 49.4 Å². The first-order valence-electron chi connectivity index (χ1n) is 9.91. The molecule has 4 heteroatoms. The van der Waals surface area contributed by atoms with E-state index in [1.165, 1.54) is 0 Å². The van der Waals surface area contributed by atoms with Crippen molar-refractivity contribution in [2.45, 2.75) is 33.6 Å². The fraction of sp³-hybridized carbons (Fsp3) is 0.417. The van der Waals surface area contributed by atoms with Crippen LogP contribution in [0.2, 0.25) is 0 Å². The number of nitrogens with one attached hydrogen (secondary N) is 1. The number of benzene rings is 2. The van der Waals surface area contributed by atoms with E-state index in [0.29, 0.717) is 25.9 Å². The summed E-state index contributed by atoms with van der Waals surface area (Å²) in [6.07, 6.45) is 1.31. The van der Waals surface area contributed by atoms with Crippen LogP contribution in [0.4, 0.5) is 0 Å². The Labute approximate surface area is 167 Å². The largest absolute Gasteiger partial charge is 0.359 e. The normalized spacial score (nSPS) is 19.5. The van der Waals surface area contributed by atoms with E-state index < -0.39 is 10.8 Å². The van der Waals surface area contributed by atoms with Crippen LogP contribution >= 0.6 is 0 Å². The lowest BCUT2D eigenvalue weighted by molar-refractivity contribution is -0.139. The lowest BCUT2D eigenvalue weighted by atomic mass is 9.79. The lowest BCUT2D eigenvalue weighted by Crippen LogP contribution is -2.45. The number of rotatable bonds is 4. The number of hydrogen-bond acceptors (Lipinski definition) is 2. The van der Waals surface area contributed by atoms with E-state index in [9.17, 15) is 9.59 Å². The fourth-order valence-corrected chi connectivity index (χ4v) is 4.08. The van der Waals surface area contributed by atoms with Gasteiger partial charge in [-0.1, -0.05) is 75.4 Å². The van der Waals surface area contributed by atoms with E-state index in [1.54, 1.807) is 7.05 Å². The summed E-state index contributed by atoms with van der Waals surface area (Å²) in [4.78, 5) is 27.5. The van der Waals surface area contributed by atoms with E-state index in [-0.39, 0.29) is 11.8 Å². The summed E-state index contributed by atoms with van der Waals surface area (Å²) < 4.78 is 0. The summed E-state index contributed by atoms with van der Waals surface area (Å²) in [6, 6.07) is 18.6. The van der Waals surface area contributed by atoms with E-state index in [0.717, 1.165) is 16.7 Å². The second-order valence-electron chi connectivity index (χ2n) is 8.83. The predicted molar refractivity (Wildman–Crippen MR) is 113 cm³/mol.